The number of hydrogen-bond acceptors (Lipinski definition) is 3. The summed E-state index contributed by atoms with van der Waals surface area (Å²) in [5.41, 5.74) is 6.79. The van der Waals surface area contributed by atoms with Crippen molar-refractivity contribution < 1.29 is 4.79 Å². The van der Waals surface area contributed by atoms with E-state index < -0.39 is 0 Å². The number of rotatable bonds is 3. The van der Waals surface area contributed by atoms with Gasteiger partial charge in [-0.1, -0.05) is 18.5 Å². The first-order valence-electron chi connectivity index (χ1n) is 6.58. The van der Waals surface area contributed by atoms with Crippen molar-refractivity contribution in [3.8, 4) is 0 Å². The molecule has 1 fully saturated rings. The van der Waals surface area contributed by atoms with Crippen LogP contribution in [-0.4, -0.2) is 36.5 Å². The Morgan fingerprint density at radius 1 is 1.47 bits per heavy atom. The Labute approximate surface area is 118 Å². The average molecular weight is 282 g/mol. The molecule has 0 aliphatic carbocycles. The summed E-state index contributed by atoms with van der Waals surface area (Å²) in [7, 11) is 0. The fraction of sp³-hybridized carbons (Fsp3) is 0.500. The molecule has 1 aromatic rings. The van der Waals surface area contributed by atoms with Gasteiger partial charge in [0.05, 0.1) is 6.54 Å². The SMILES string of the molecule is CC1CCN(CC(=O)Nc2ccc(Cl)cc2)CC1N. The van der Waals surface area contributed by atoms with E-state index in [1.807, 2.05) is 0 Å². The highest BCUT2D eigenvalue weighted by Gasteiger charge is 2.24. The summed E-state index contributed by atoms with van der Waals surface area (Å²) >= 11 is 5.80. The third kappa shape index (κ3) is 4.20. The second-order valence-electron chi connectivity index (χ2n) is 5.22. The summed E-state index contributed by atoms with van der Waals surface area (Å²) in [6.45, 7) is 4.27. The minimum absolute atomic E-state index is 0.0101. The summed E-state index contributed by atoms with van der Waals surface area (Å²) in [4.78, 5) is 14.0. The van der Waals surface area contributed by atoms with E-state index in [0.29, 0.717) is 17.5 Å². The molecule has 0 saturated carbocycles. The fourth-order valence-electron chi connectivity index (χ4n) is 2.25. The van der Waals surface area contributed by atoms with Crippen LogP contribution in [0.4, 0.5) is 5.69 Å². The van der Waals surface area contributed by atoms with Crippen LogP contribution in [0.5, 0.6) is 0 Å². The number of hydrogen-bond donors (Lipinski definition) is 2. The Hall–Kier alpha value is -1.10. The van der Waals surface area contributed by atoms with E-state index in [2.05, 4.69) is 17.1 Å². The number of anilines is 1. The number of benzene rings is 1. The zero-order valence-corrected chi connectivity index (χ0v) is 11.9. The molecule has 2 unspecified atom stereocenters. The van der Waals surface area contributed by atoms with Crippen LogP contribution >= 0.6 is 11.6 Å². The van der Waals surface area contributed by atoms with Crippen LogP contribution in [0.1, 0.15) is 13.3 Å². The lowest BCUT2D eigenvalue weighted by Crippen LogP contribution is -2.49. The molecule has 2 atom stereocenters. The maximum Gasteiger partial charge on any atom is 0.238 e. The van der Waals surface area contributed by atoms with Gasteiger partial charge in [0.2, 0.25) is 5.91 Å². The predicted molar refractivity (Wildman–Crippen MR) is 78.3 cm³/mol. The van der Waals surface area contributed by atoms with Crippen LogP contribution in [0.3, 0.4) is 0 Å². The van der Waals surface area contributed by atoms with Crippen molar-refractivity contribution in [2.75, 3.05) is 25.0 Å². The lowest BCUT2D eigenvalue weighted by molar-refractivity contribution is -0.117. The van der Waals surface area contributed by atoms with E-state index in [-0.39, 0.29) is 11.9 Å². The minimum Gasteiger partial charge on any atom is -0.326 e. The molecule has 1 heterocycles. The molecule has 3 N–H and O–H groups in total. The second-order valence-corrected chi connectivity index (χ2v) is 5.66. The van der Waals surface area contributed by atoms with Gasteiger partial charge < -0.3 is 11.1 Å². The Morgan fingerprint density at radius 2 is 2.16 bits per heavy atom. The highest BCUT2D eigenvalue weighted by molar-refractivity contribution is 6.30. The number of nitrogens with zero attached hydrogens (tertiary/aromatic N) is 1. The molecule has 0 aromatic heterocycles. The fourth-order valence-corrected chi connectivity index (χ4v) is 2.38. The summed E-state index contributed by atoms with van der Waals surface area (Å²) in [6.07, 6.45) is 1.05. The largest absolute Gasteiger partial charge is 0.326 e. The van der Waals surface area contributed by atoms with Gasteiger partial charge in [-0.25, -0.2) is 0 Å². The summed E-state index contributed by atoms with van der Waals surface area (Å²) < 4.78 is 0. The number of carbonyl (C=O) groups is 1. The van der Waals surface area contributed by atoms with E-state index in [1.54, 1.807) is 24.3 Å². The zero-order valence-electron chi connectivity index (χ0n) is 11.1. The third-order valence-corrected chi connectivity index (χ3v) is 3.85. The van der Waals surface area contributed by atoms with Crippen LogP contribution in [0.2, 0.25) is 5.02 Å². The molecular formula is C14H20ClN3O. The second kappa shape index (κ2) is 6.37. The van der Waals surface area contributed by atoms with Gasteiger partial charge in [-0.2, -0.15) is 0 Å². The minimum atomic E-state index is -0.0101. The van der Waals surface area contributed by atoms with Gasteiger partial charge in [-0.05, 0) is 43.1 Å². The van der Waals surface area contributed by atoms with Crippen LogP contribution in [0.25, 0.3) is 0 Å². The average Bonchev–Trinajstić information content (AvgIpc) is 2.37. The van der Waals surface area contributed by atoms with Crippen LogP contribution in [0, 0.1) is 5.92 Å². The molecule has 1 saturated heterocycles. The van der Waals surface area contributed by atoms with Crippen LogP contribution < -0.4 is 11.1 Å². The first-order chi connectivity index (χ1) is 9.04. The molecule has 1 aliphatic rings. The van der Waals surface area contributed by atoms with E-state index in [0.717, 1.165) is 25.2 Å². The smallest absolute Gasteiger partial charge is 0.238 e. The molecule has 0 radical (unpaired) electrons. The van der Waals surface area contributed by atoms with Gasteiger partial charge in [0.1, 0.15) is 0 Å². The van der Waals surface area contributed by atoms with E-state index in [1.165, 1.54) is 0 Å². The Balaban J connectivity index is 1.83. The topological polar surface area (TPSA) is 58.4 Å². The predicted octanol–water partition coefficient (Wildman–Crippen LogP) is 1.95. The molecule has 19 heavy (non-hydrogen) atoms. The quantitative estimate of drug-likeness (QED) is 0.890. The molecule has 1 aromatic carbocycles. The molecule has 1 aliphatic heterocycles. The van der Waals surface area contributed by atoms with Gasteiger partial charge in [0.15, 0.2) is 0 Å². The van der Waals surface area contributed by atoms with Crippen molar-refractivity contribution in [1.82, 2.24) is 4.90 Å². The number of likely N-dealkylation sites (tertiary alicyclic amines) is 1. The lowest BCUT2D eigenvalue weighted by atomic mass is 9.94. The van der Waals surface area contributed by atoms with Gasteiger partial charge in [0, 0.05) is 23.3 Å². The number of carbonyl (C=O) groups excluding carboxylic acids is 1. The normalized spacial score (nSPS) is 24.2. The van der Waals surface area contributed by atoms with E-state index >= 15 is 0 Å². The van der Waals surface area contributed by atoms with Gasteiger partial charge >= 0.3 is 0 Å². The summed E-state index contributed by atoms with van der Waals surface area (Å²) in [6, 6.07) is 7.27. The van der Waals surface area contributed by atoms with E-state index in [4.69, 9.17) is 17.3 Å². The van der Waals surface area contributed by atoms with Gasteiger partial charge in [-0.15, -0.1) is 0 Å². The number of piperidine rings is 1. The molecular weight excluding hydrogens is 262 g/mol. The van der Waals surface area contributed by atoms with Gasteiger partial charge in [0.25, 0.3) is 0 Å². The molecule has 2 rings (SSSR count). The Bertz CT molecular complexity index is 435. The van der Waals surface area contributed by atoms with E-state index in [9.17, 15) is 4.79 Å². The zero-order chi connectivity index (χ0) is 13.8. The summed E-state index contributed by atoms with van der Waals surface area (Å²) in [5, 5.41) is 3.52. The van der Waals surface area contributed by atoms with Crippen LogP contribution in [0.15, 0.2) is 24.3 Å². The number of nitrogens with one attached hydrogen (secondary N) is 1. The molecule has 104 valence electrons. The lowest BCUT2D eigenvalue weighted by Gasteiger charge is -2.34. The number of nitrogens with two attached hydrogens (primary N) is 1. The highest BCUT2D eigenvalue weighted by atomic mass is 35.5. The molecule has 0 spiro atoms. The Morgan fingerprint density at radius 3 is 2.79 bits per heavy atom. The maximum atomic E-state index is 11.9. The maximum absolute atomic E-state index is 11.9. The van der Waals surface area contributed by atoms with Crippen molar-refractivity contribution in [2.45, 2.75) is 19.4 Å². The van der Waals surface area contributed by atoms with Crippen molar-refractivity contribution in [3.63, 3.8) is 0 Å². The first kappa shape index (κ1) is 14.3. The summed E-state index contributed by atoms with van der Waals surface area (Å²) in [5.74, 6) is 0.527. The third-order valence-electron chi connectivity index (χ3n) is 3.60. The van der Waals surface area contributed by atoms with Crippen LogP contribution in [-0.2, 0) is 4.79 Å². The first-order valence-corrected chi connectivity index (χ1v) is 6.96. The van der Waals surface area contributed by atoms with Crippen molar-refractivity contribution in [3.05, 3.63) is 29.3 Å². The van der Waals surface area contributed by atoms with Crippen molar-refractivity contribution in [2.24, 2.45) is 11.7 Å². The Kier molecular flexibility index (Phi) is 4.80. The van der Waals surface area contributed by atoms with Crippen molar-refractivity contribution >= 4 is 23.2 Å². The number of amides is 1. The van der Waals surface area contributed by atoms with Crippen molar-refractivity contribution in [1.29, 1.82) is 0 Å². The highest BCUT2D eigenvalue weighted by Crippen LogP contribution is 2.16. The number of halogens is 1. The molecule has 5 heteroatoms. The monoisotopic (exact) mass is 281 g/mol. The standard InChI is InChI=1S/C14H20ClN3O/c1-10-6-7-18(8-13(10)16)9-14(19)17-12-4-2-11(15)3-5-12/h2-5,10,13H,6-9,16H2,1H3,(H,17,19). The molecule has 4 nitrogen and oxygen atoms in total. The molecule has 0 bridgehead atoms. The van der Waals surface area contributed by atoms with Gasteiger partial charge in [-0.3, -0.25) is 9.69 Å². The molecule has 1 amide bonds.